The predicted molar refractivity (Wildman–Crippen MR) is 61.0 cm³/mol. The number of nitrogens with two attached hydrogens (primary N) is 1. The second kappa shape index (κ2) is 4.28. The zero-order valence-corrected chi connectivity index (χ0v) is 8.98. The van der Waals surface area contributed by atoms with E-state index in [-0.39, 0.29) is 5.28 Å². The topological polar surface area (TPSA) is 68.9 Å². The number of carbonyl (C=O) groups excluding carboxylic acids is 1. The van der Waals surface area contributed by atoms with Gasteiger partial charge >= 0.3 is 0 Å². The van der Waals surface area contributed by atoms with Crippen LogP contribution in [-0.2, 0) is 0 Å². The van der Waals surface area contributed by atoms with Crippen LogP contribution in [0.5, 0.6) is 0 Å². The van der Waals surface area contributed by atoms with Gasteiger partial charge in [0, 0.05) is 17.3 Å². The lowest BCUT2D eigenvalue weighted by Gasteiger charge is -2.01. The Balaban J connectivity index is 2.38. The van der Waals surface area contributed by atoms with E-state index < -0.39 is 5.91 Å². The molecule has 0 aliphatic rings. The number of amides is 1. The molecule has 2 rings (SSSR count). The molecule has 1 aromatic heterocycles. The third kappa shape index (κ3) is 2.17. The van der Waals surface area contributed by atoms with Crippen molar-refractivity contribution in [3.8, 4) is 11.3 Å². The normalized spacial score (nSPS) is 10.1. The number of hydrogen-bond donors (Lipinski definition) is 1. The monoisotopic (exact) mass is 233 g/mol. The summed E-state index contributed by atoms with van der Waals surface area (Å²) in [6, 6.07) is 8.56. The molecule has 16 heavy (non-hydrogen) atoms. The van der Waals surface area contributed by atoms with E-state index in [1.807, 2.05) is 0 Å². The van der Waals surface area contributed by atoms with Gasteiger partial charge in [-0.2, -0.15) is 0 Å². The van der Waals surface area contributed by atoms with Crippen LogP contribution in [0.3, 0.4) is 0 Å². The fraction of sp³-hybridized carbons (Fsp3) is 0. The summed E-state index contributed by atoms with van der Waals surface area (Å²) in [5.41, 5.74) is 7.16. The van der Waals surface area contributed by atoms with Gasteiger partial charge in [0.05, 0.1) is 5.69 Å². The standard InChI is InChI=1S/C11H8ClN3O/c12-11-14-6-5-9(15-11)7-1-3-8(4-2-7)10(13)16/h1-6H,(H2,13,16). The SMILES string of the molecule is NC(=O)c1ccc(-c2ccnc(Cl)n2)cc1. The second-order valence-corrected chi connectivity index (χ2v) is 3.49. The number of benzene rings is 1. The average molecular weight is 234 g/mol. The van der Waals surface area contributed by atoms with Crippen LogP contribution in [0.2, 0.25) is 5.28 Å². The molecule has 0 spiro atoms. The first kappa shape index (κ1) is 10.6. The number of primary amides is 1. The third-order valence-electron chi connectivity index (χ3n) is 2.09. The Morgan fingerprint density at radius 1 is 1.19 bits per heavy atom. The van der Waals surface area contributed by atoms with Crippen LogP contribution in [0.15, 0.2) is 36.5 Å². The van der Waals surface area contributed by atoms with Crippen molar-refractivity contribution in [3.05, 3.63) is 47.4 Å². The number of halogens is 1. The summed E-state index contributed by atoms with van der Waals surface area (Å²) in [6.45, 7) is 0. The van der Waals surface area contributed by atoms with E-state index in [4.69, 9.17) is 17.3 Å². The molecule has 80 valence electrons. The summed E-state index contributed by atoms with van der Waals surface area (Å²) in [4.78, 5) is 18.7. The Labute approximate surface area is 97.1 Å². The van der Waals surface area contributed by atoms with Crippen molar-refractivity contribution in [2.45, 2.75) is 0 Å². The van der Waals surface area contributed by atoms with Crippen molar-refractivity contribution >= 4 is 17.5 Å². The summed E-state index contributed by atoms with van der Waals surface area (Å²) < 4.78 is 0. The summed E-state index contributed by atoms with van der Waals surface area (Å²) >= 11 is 5.68. The minimum absolute atomic E-state index is 0.191. The highest BCUT2D eigenvalue weighted by molar-refractivity contribution is 6.28. The molecule has 0 fully saturated rings. The molecule has 2 N–H and O–H groups in total. The maximum absolute atomic E-state index is 10.9. The number of rotatable bonds is 2. The molecule has 0 unspecified atom stereocenters. The van der Waals surface area contributed by atoms with Crippen LogP contribution in [0.25, 0.3) is 11.3 Å². The minimum atomic E-state index is -0.452. The van der Waals surface area contributed by atoms with E-state index in [2.05, 4.69) is 9.97 Å². The van der Waals surface area contributed by atoms with Crippen LogP contribution in [0.4, 0.5) is 0 Å². The zero-order chi connectivity index (χ0) is 11.5. The minimum Gasteiger partial charge on any atom is -0.366 e. The quantitative estimate of drug-likeness (QED) is 0.806. The van der Waals surface area contributed by atoms with Gasteiger partial charge in [0.1, 0.15) is 0 Å². The molecule has 0 bridgehead atoms. The predicted octanol–water partition coefficient (Wildman–Crippen LogP) is 1.90. The summed E-state index contributed by atoms with van der Waals surface area (Å²) in [6.07, 6.45) is 1.58. The summed E-state index contributed by atoms with van der Waals surface area (Å²) in [5.74, 6) is -0.452. The first-order chi connectivity index (χ1) is 7.66. The number of carbonyl (C=O) groups is 1. The van der Waals surface area contributed by atoms with Gasteiger partial charge in [0.15, 0.2) is 0 Å². The van der Waals surface area contributed by atoms with Crippen LogP contribution < -0.4 is 5.73 Å². The molecular weight excluding hydrogens is 226 g/mol. The molecule has 0 aliphatic carbocycles. The van der Waals surface area contributed by atoms with Gasteiger partial charge < -0.3 is 5.73 Å². The van der Waals surface area contributed by atoms with Gasteiger partial charge in [-0.25, -0.2) is 9.97 Å². The lowest BCUT2D eigenvalue weighted by atomic mass is 10.1. The van der Waals surface area contributed by atoms with Gasteiger partial charge in [-0.3, -0.25) is 4.79 Å². The maximum Gasteiger partial charge on any atom is 0.248 e. The van der Waals surface area contributed by atoms with Crippen molar-refractivity contribution in [2.75, 3.05) is 0 Å². The van der Waals surface area contributed by atoms with E-state index in [0.29, 0.717) is 11.3 Å². The Morgan fingerprint density at radius 2 is 1.88 bits per heavy atom. The number of aromatic nitrogens is 2. The average Bonchev–Trinajstić information content (AvgIpc) is 2.29. The molecule has 0 radical (unpaired) electrons. The van der Waals surface area contributed by atoms with Crippen LogP contribution in [-0.4, -0.2) is 15.9 Å². The Kier molecular flexibility index (Phi) is 2.83. The molecule has 4 nitrogen and oxygen atoms in total. The Morgan fingerprint density at radius 3 is 2.44 bits per heavy atom. The maximum atomic E-state index is 10.9. The largest absolute Gasteiger partial charge is 0.366 e. The van der Waals surface area contributed by atoms with Crippen molar-refractivity contribution in [1.29, 1.82) is 0 Å². The highest BCUT2D eigenvalue weighted by Crippen LogP contribution is 2.18. The summed E-state index contributed by atoms with van der Waals surface area (Å²) in [5, 5.41) is 0.191. The van der Waals surface area contributed by atoms with Crippen molar-refractivity contribution < 1.29 is 4.79 Å². The Bertz CT molecular complexity index is 525. The molecule has 2 aromatic rings. The molecule has 1 heterocycles. The van der Waals surface area contributed by atoms with Gasteiger partial charge in [-0.05, 0) is 29.8 Å². The molecular formula is C11H8ClN3O. The molecule has 0 saturated heterocycles. The highest BCUT2D eigenvalue weighted by Gasteiger charge is 2.03. The summed E-state index contributed by atoms with van der Waals surface area (Å²) in [7, 11) is 0. The molecule has 1 amide bonds. The molecule has 0 saturated carbocycles. The van der Waals surface area contributed by atoms with Crippen LogP contribution in [0, 0.1) is 0 Å². The fourth-order valence-corrected chi connectivity index (χ4v) is 1.45. The second-order valence-electron chi connectivity index (χ2n) is 3.15. The number of hydrogen-bond acceptors (Lipinski definition) is 3. The highest BCUT2D eigenvalue weighted by atomic mass is 35.5. The van der Waals surface area contributed by atoms with Crippen LogP contribution in [0.1, 0.15) is 10.4 Å². The lowest BCUT2D eigenvalue weighted by molar-refractivity contribution is 0.100. The first-order valence-corrected chi connectivity index (χ1v) is 4.93. The van der Waals surface area contributed by atoms with E-state index in [9.17, 15) is 4.79 Å². The van der Waals surface area contributed by atoms with Crippen molar-refractivity contribution in [2.24, 2.45) is 5.73 Å². The Hall–Kier alpha value is -1.94. The molecule has 0 aliphatic heterocycles. The van der Waals surface area contributed by atoms with Crippen molar-refractivity contribution in [1.82, 2.24) is 9.97 Å². The van der Waals surface area contributed by atoms with Crippen molar-refractivity contribution in [3.63, 3.8) is 0 Å². The van der Waals surface area contributed by atoms with Crippen LogP contribution >= 0.6 is 11.6 Å². The van der Waals surface area contributed by atoms with Gasteiger partial charge in [-0.1, -0.05) is 12.1 Å². The molecule has 5 heteroatoms. The van der Waals surface area contributed by atoms with Gasteiger partial charge in [-0.15, -0.1) is 0 Å². The first-order valence-electron chi connectivity index (χ1n) is 4.55. The number of nitrogens with zero attached hydrogens (tertiary/aromatic N) is 2. The molecule has 0 atom stereocenters. The lowest BCUT2D eigenvalue weighted by Crippen LogP contribution is -2.10. The fourth-order valence-electron chi connectivity index (χ4n) is 1.30. The van der Waals surface area contributed by atoms with Gasteiger partial charge in [0.2, 0.25) is 11.2 Å². The molecule has 1 aromatic carbocycles. The smallest absolute Gasteiger partial charge is 0.248 e. The van der Waals surface area contributed by atoms with E-state index in [0.717, 1.165) is 5.56 Å². The van der Waals surface area contributed by atoms with Gasteiger partial charge in [0.25, 0.3) is 0 Å². The third-order valence-corrected chi connectivity index (χ3v) is 2.27. The van der Waals surface area contributed by atoms with E-state index in [1.165, 1.54) is 0 Å². The zero-order valence-electron chi connectivity index (χ0n) is 8.22. The van der Waals surface area contributed by atoms with E-state index in [1.54, 1.807) is 36.5 Å². The van der Waals surface area contributed by atoms with E-state index >= 15 is 0 Å².